The van der Waals surface area contributed by atoms with E-state index >= 15 is 0 Å². The van der Waals surface area contributed by atoms with Gasteiger partial charge in [-0.1, -0.05) is 30.3 Å². The first-order chi connectivity index (χ1) is 13.1. The molecule has 0 saturated carbocycles. The van der Waals surface area contributed by atoms with Gasteiger partial charge in [0.05, 0.1) is 7.11 Å². The van der Waals surface area contributed by atoms with Gasteiger partial charge < -0.3 is 13.9 Å². The zero-order chi connectivity index (χ0) is 19.2. The van der Waals surface area contributed by atoms with Gasteiger partial charge in [0.15, 0.2) is 11.5 Å². The number of hydrogen-bond acceptors (Lipinski definition) is 8. The van der Waals surface area contributed by atoms with Crippen LogP contribution >= 0.6 is 0 Å². The molecule has 27 heavy (non-hydrogen) atoms. The Morgan fingerprint density at radius 1 is 1.19 bits per heavy atom. The van der Waals surface area contributed by atoms with E-state index in [2.05, 4.69) is 20.3 Å². The Labute approximate surface area is 154 Å². The van der Waals surface area contributed by atoms with Crippen molar-refractivity contribution in [3.8, 4) is 0 Å². The van der Waals surface area contributed by atoms with E-state index < -0.39 is 11.9 Å². The number of hydrogen-bond donors (Lipinski definition) is 0. The molecule has 0 radical (unpaired) electrons. The van der Waals surface area contributed by atoms with Gasteiger partial charge in [0.25, 0.3) is 0 Å². The quantitative estimate of drug-likeness (QED) is 0.481. The number of furan rings is 1. The summed E-state index contributed by atoms with van der Waals surface area (Å²) in [6.07, 6.45) is 1.62. The fourth-order valence-corrected chi connectivity index (χ4v) is 2.24. The Morgan fingerprint density at radius 2 is 1.96 bits per heavy atom. The number of tetrazole rings is 1. The minimum absolute atomic E-state index is 0.0277. The number of methoxy groups -OCH3 is 1. The summed E-state index contributed by atoms with van der Waals surface area (Å²) in [5.41, 5.74) is 0.925. The molecule has 0 atom stereocenters. The predicted octanol–water partition coefficient (Wildman–Crippen LogP) is 2.10. The second kappa shape index (κ2) is 8.09. The smallest absolute Gasteiger partial charge is 0.373 e. The largest absolute Gasteiger partial charge is 0.463 e. The molecule has 0 aliphatic heterocycles. The summed E-state index contributed by atoms with van der Waals surface area (Å²) in [4.78, 5) is 24.0. The summed E-state index contributed by atoms with van der Waals surface area (Å²) in [5.74, 6) is -0.497. The van der Waals surface area contributed by atoms with Crippen LogP contribution in [0.2, 0.25) is 0 Å². The molecular formula is C18H16N4O5. The van der Waals surface area contributed by atoms with Crippen LogP contribution in [0.3, 0.4) is 0 Å². The first-order valence-electron chi connectivity index (χ1n) is 7.94. The van der Waals surface area contributed by atoms with Crippen LogP contribution in [0.4, 0.5) is 0 Å². The molecule has 0 amide bonds. The van der Waals surface area contributed by atoms with E-state index in [1.807, 2.05) is 30.3 Å². The van der Waals surface area contributed by atoms with Crippen molar-refractivity contribution in [2.24, 2.45) is 0 Å². The summed E-state index contributed by atoms with van der Waals surface area (Å²) in [6, 6.07) is 12.2. The van der Waals surface area contributed by atoms with Gasteiger partial charge in [0.1, 0.15) is 12.4 Å². The van der Waals surface area contributed by atoms with Crippen molar-refractivity contribution in [3.63, 3.8) is 0 Å². The molecule has 138 valence electrons. The lowest BCUT2D eigenvalue weighted by Crippen LogP contribution is -2.15. The highest BCUT2D eigenvalue weighted by molar-refractivity contribution is 6.15. The Morgan fingerprint density at radius 3 is 2.63 bits per heavy atom. The minimum atomic E-state index is -0.648. The van der Waals surface area contributed by atoms with Crippen molar-refractivity contribution in [2.45, 2.75) is 13.5 Å². The summed E-state index contributed by atoms with van der Waals surface area (Å²) < 4.78 is 16.4. The topological polar surface area (TPSA) is 109 Å². The number of esters is 2. The third kappa shape index (κ3) is 4.27. The molecule has 0 aliphatic rings. The number of rotatable bonds is 6. The van der Waals surface area contributed by atoms with Gasteiger partial charge in [0.2, 0.25) is 5.76 Å². The van der Waals surface area contributed by atoms with E-state index in [0.717, 1.165) is 5.56 Å². The number of aryl methyl sites for hydroxylation is 1. The fraction of sp³-hybridized carbons (Fsp3) is 0.167. The molecule has 3 aromatic rings. The zero-order valence-corrected chi connectivity index (χ0v) is 14.7. The van der Waals surface area contributed by atoms with Gasteiger partial charge in [-0.05, 0) is 41.1 Å². The summed E-state index contributed by atoms with van der Waals surface area (Å²) in [5, 5.41) is 11.2. The first kappa shape index (κ1) is 18.1. The lowest BCUT2D eigenvalue weighted by Gasteiger charge is -2.08. The van der Waals surface area contributed by atoms with Crippen molar-refractivity contribution in [2.75, 3.05) is 7.11 Å². The molecule has 0 N–H and O–H groups in total. The van der Waals surface area contributed by atoms with Crippen LogP contribution in [0.5, 0.6) is 0 Å². The van der Waals surface area contributed by atoms with Crippen LogP contribution < -0.4 is 0 Å². The third-order valence-electron chi connectivity index (χ3n) is 3.56. The van der Waals surface area contributed by atoms with Gasteiger partial charge in [0, 0.05) is 0 Å². The van der Waals surface area contributed by atoms with Gasteiger partial charge in [-0.2, -0.15) is 4.68 Å². The molecule has 0 saturated heterocycles. The van der Waals surface area contributed by atoms with Gasteiger partial charge in [-0.15, -0.1) is 5.10 Å². The molecule has 0 bridgehead atoms. The Bertz CT molecular complexity index is 975. The van der Waals surface area contributed by atoms with Crippen LogP contribution in [-0.2, 0) is 20.9 Å². The zero-order valence-electron chi connectivity index (χ0n) is 14.7. The third-order valence-corrected chi connectivity index (χ3v) is 3.56. The van der Waals surface area contributed by atoms with E-state index in [1.54, 1.807) is 13.0 Å². The van der Waals surface area contributed by atoms with Gasteiger partial charge in [-0.25, -0.2) is 9.59 Å². The maximum absolute atomic E-state index is 12.6. The van der Waals surface area contributed by atoms with Crippen molar-refractivity contribution in [1.29, 1.82) is 0 Å². The number of carbonyl (C=O) groups is 2. The molecule has 9 nitrogen and oxygen atoms in total. The highest BCUT2D eigenvalue weighted by Gasteiger charge is 2.19. The Hall–Kier alpha value is -3.75. The number of ether oxygens (including phenoxy) is 2. The molecule has 0 aliphatic carbocycles. The molecule has 9 heteroatoms. The van der Waals surface area contributed by atoms with E-state index in [9.17, 15) is 9.59 Å². The lowest BCUT2D eigenvalue weighted by atomic mass is 10.2. The van der Waals surface area contributed by atoms with E-state index in [1.165, 1.54) is 23.9 Å². The van der Waals surface area contributed by atoms with Gasteiger partial charge in [-0.3, -0.25) is 0 Å². The first-order valence-corrected chi connectivity index (χ1v) is 7.94. The van der Waals surface area contributed by atoms with E-state index in [4.69, 9.17) is 9.15 Å². The number of aromatic nitrogens is 4. The maximum Gasteiger partial charge on any atom is 0.373 e. The number of carbonyl (C=O) groups excluding carboxylic acids is 2. The molecule has 0 spiro atoms. The molecule has 1 aromatic carbocycles. The maximum atomic E-state index is 12.6. The van der Waals surface area contributed by atoms with Crippen LogP contribution in [0.25, 0.3) is 11.8 Å². The second-order valence-electron chi connectivity index (χ2n) is 5.41. The van der Waals surface area contributed by atoms with Crippen LogP contribution in [0, 0.1) is 6.92 Å². The summed E-state index contributed by atoms with van der Waals surface area (Å²) in [7, 11) is 1.25. The van der Waals surface area contributed by atoms with Gasteiger partial charge >= 0.3 is 11.9 Å². The Balaban J connectivity index is 1.80. The molecular weight excluding hydrogens is 352 g/mol. The van der Waals surface area contributed by atoms with Crippen LogP contribution in [-0.4, -0.2) is 39.3 Å². The highest BCUT2D eigenvalue weighted by Crippen LogP contribution is 2.16. The SMILES string of the molecule is COC(=O)c1ccc(COC(=O)C(=Cc2ccccc2)n2nnnc2C)o1. The van der Waals surface area contributed by atoms with Crippen molar-refractivity contribution >= 4 is 23.7 Å². The second-order valence-corrected chi connectivity index (χ2v) is 5.41. The molecule has 0 unspecified atom stereocenters. The number of nitrogens with zero attached hydrogens (tertiary/aromatic N) is 4. The minimum Gasteiger partial charge on any atom is -0.463 e. The van der Waals surface area contributed by atoms with Crippen LogP contribution in [0.15, 0.2) is 46.9 Å². The average molecular weight is 368 g/mol. The van der Waals surface area contributed by atoms with E-state index in [0.29, 0.717) is 11.6 Å². The fourth-order valence-electron chi connectivity index (χ4n) is 2.24. The van der Waals surface area contributed by atoms with Crippen LogP contribution in [0.1, 0.15) is 27.7 Å². The molecule has 2 aromatic heterocycles. The average Bonchev–Trinajstić information content (AvgIpc) is 3.33. The molecule has 3 rings (SSSR count). The number of benzene rings is 1. The summed E-state index contributed by atoms with van der Waals surface area (Å²) >= 11 is 0. The van der Waals surface area contributed by atoms with Crippen molar-refractivity contribution in [3.05, 3.63) is 65.4 Å². The standard InChI is InChI=1S/C18H16N4O5/c1-12-19-20-21-22(12)15(10-13-6-4-3-5-7-13)17(23)26-11-14-8-9-16(27-14)18(24)25-2/h3-10H,11H2,1-2H3. The molecule has 0 fully saturated rings. The monoisotopic (exact) mass is 368 g/mol. The van der Waals surface area contributed by atoms with Crippen molar-refractivity contribution < 1.29 is 23.5 Å². The van der Waals surface area contributed by atoms with E-state index in [-0.39, 0.29) is 18.1 Å². The highest BCUT2D eigenvalue weighted by atomic mass is 16.6. The normalized spacial score (nSPS) is 11.3. The summed E-state index contributed by atoms with van der Waals surface area (Å²) in [6.45, 7) is 1.50. The predicted molar refractivity (Wildman–Crippen MR) is 93.0 cm³/mol. The lowest BCUT2D eigenvalue weighted by molar-refractivity contribution is -0.138. The molecule has 2 heterocycles. The van der Waals surface area contributed by atoms with Crippen molar-refractivity contribution in [1.82, 2.24) is 20.2 Å². The Kier molecular flexibility index (Phi) is 5.41.